The fraction of sp³-hybridized carbons (Fsp3) is 0.474. The molecule has 0 saturated heterocycles. The maximum atomic E-state index is 13.2. The quantitative estimate of drug-likeness (QED) is 0.795. The second-order valence-corrected chi connectivity index (χ2v) is 8.50. The number of halogens is 3. The van der Waals surface area contributed by atoms with Crippen molar-refractivity contribution in [3.8, 4) is 5.75 Å². The summed E-state index contributed by atoms with van der Waals surface area (Å²) in [6, 6.07) is 4.24. The average molecular weight is 412 g/mol. The lowest BCUT2D eigenvalue weighted by Crippen LogP contribution is -2.61. The van der Waals surface area contributed by atoms with Crippen LogP contribution in [0.1, 0.15) is 44.6 Å². The zero-order valence-electron chi connectivity index (χ0n) is 15.2. The molecule has 1 aromatic carbocycles. The molecule has 1 aromatic rings. The van der Waals surface area contributed by atoms with Crippen LogP contribution in [0.15, 0.2) is 33.6 Å². The van der Waals surface area contributed by atoms with Gasteiger partial charge in [-0.3, -0.25) is 15.0 Å². The molecule has 9 heteroatoms. The van der Waals surface area contributed by atoms with Gasteiger partial charge in [-0.05, 0) is 49.0 Å². The molecule has 0 bridgehead atoms. The van der Waals surface area contributed by atoms with E-state index in [-0.39, 0.29) is 17.6 Å². The first-order valence-electron chi connectivity index (χ1n) is 9.07. The van der Waals surface area contributed by atoms with Gasteiger partial charge in [0.2, 0.25) is 5.91 Å². The number of hydrogen-bond acceptors (Lipinski definition) is 4. The highest BCUT2D eigenvalue weighted by atomic mass is 32.2. The number of benzene rings is 1. The van der Waals surface area contributed by atoms with Gasteiger partial charge in [-0.2, -0.15) is 0 Å². The lowest BCUT2D eigenvalue weighted by Gasteiger charge is -2.46. The number of amides is 2. The molecule has 1 saturated carbocycles. The van der Waals surface area contributed by atoms with E-state index < -0.39 is 11.9 Å². The van der Waals surface area contributed by atoms with Gasteiger partial charge in [-0.1, -0.05) is 30.7 Å². The summed E-state index contributed by atoms with van der Waals surface area (Å²) in [6.45, 7) is 1.36. The third kappa shape index (κ3) is 3.47. The van der Waals surface area contributed by atoms with Gasteiger partial charge >= 0.3 is 6.36 Å². The van der Waals surface area contributed by atoms with Gasteiger partial charge in [-0.15, -0.1) is 13.2 Å². The van der Waals surface area contributed by atoms with Crippen LogP contribution in [0.25, 0.3) is 0 Å². The summed E-state index contributed by atoms with van der Waals surface area (Å²) in [5, 5.41) is 1.47. The Kier molecular flexibility index (Phi) is 4.60. The van der Waals surface area contributed by atoms with E-state index in [1.165, 1.54) is 24.1 Å². The lowest BCUT2D eigenvalue weighted by atomic mass is 9.82. The molecule has 5 nitrogen and oxygen atoms in total. The third-order valence-electron chi connectivity index (χ3n) is 5.43. The van der Waals surface area contributed by atoms with Crippen LogP contribution < -0.4 is 10.2 Å². The minimum absolute atomic E-state index is 0.281. The van der Waals surface area contributed by atoms with Gasteiger partial charge in [0.1, 0.15) is 5.75 Å². The maximum absolute atomic E-state index is 13.2. The standard InChI is InChI=1S/C19H19F3N2O3S/c1-11(25)23-24-17(26)16-13(10-18(24)6-2-3-7-18)8-12-4-5-14(9-15(12)28-16)27-19(20,21)22/h4-5,9H,2-3,6-8,10H2,1H3,(H,23,25). The molecule has 2 heterocycles. The first kappa shape index (κ1) is 19.2. The molecule has 2 aliphatic heterocycles. The van der Waals surface area contributed by atoms with Gasteiger partial charge < -0.3 is 4.74 Å². The molecule has 3 aliphatic rings. The van der Waals surface area contributed by atoms with Crippen LogP contribution in [0.5, 0.6) is 5.75 Å². The fourth-order valence-corrected chi connectivity index (χ4v) is 5.49. The highest BCUT2D eigenvalue weighted by Crippen LogP contribution is 2.50. The summed E-state index contributed by atoms with van der Waals surface area (Å²) in [6.07, 6.45) is 0.0573. The van der Waals surface area contributed by atoms with Crippen LogP contribution in [0.4, 0.5) is 13.2 Å². The number of carbonyl (C=O) groups is 2. The van der Waals surface area contributed by atoms with Gasteiger partial charge in [0.15, 0.2) is 0 Å². The van der Waals surface area contributed by atoms with Crippen LogP contribution in [0.3, 0.4) is 0 Å². The summed E-state index contributed by atoms with van der Waals surface area (Å²) in [5.74, 6) is -0.904. The molecular formula is C19H19F3N2O3S. The predicted molar refractivity (Wildman–Crippen MR) is 96.2 cm³/mol. The topological polar surface area (TPSA) is 58.6 Å². The Balaban J connectivity index is 1.66. The molecule has 28 heavy (non-hydrogen) atoms. The minimum Gasteiger partial charge on any atom is -0.406 e. The van der Waals surface area contributed by atoms with E-state index in [1.807, 2.05) is 0 Å². The predicted octanol–water partition coefficient (Wildman–Crippen LogP) is 4.08. The second kappa shape index (κ2) is 6.72. The van der Waals surface area contributed by atoms with Crippen molar-refractivity contribution < 1.29 is 27.5 Å². The molecule has 0 radical (unpaired) electrons. The average Bonchev–Trinajstić information content (AvgIpc) is 3.05. The number of nitrogens with zero attached hydrogens (tertiary/aromatic N) is 1. The SMILES string of the molecule is CC(=O)NN1C(=O)C2=C(Cc3ccc(OC(F)(F)F)cc3S2)CC12CCCC2. The van der Waals surface area contributed by atoms with Crippen molar-refractivity contribution in [2.45, 2.75) is 62.2 Å². The van der Waals surface area contributed by atoms with Crippen LogP contribution in [0.2, 0.25) is 0 Å². The van der Waals surface area contributed by atoms with Gasteiger partial charge in [0.05, 0.1) is 10.4 Å². The molecule has 1 N–H and O–H groups in total. The van der Waals surface area contributed by atoms with E-state index in [1.54, 1.807) is 6.07 Å². The number of hydrogen-bond donors (Lipinski definition) is 1. The number of ether oxygens (including phenoxy) is 1. The number of fused-ring (bicyclic) bond motifs is 1. The van der Waals surface area contributed by atoms with E-state index in [0.717, 1.165) is 48.6 Å². The minimum atomic E-state index is -4.77. The van der Waals surface area contributed by atoms with Crippen molar-refractivity contribution in [1.82, 2.24) is 10.4 Å². The monoisotopic (exact) mass is 412 g/mol. The number of hydrazine groups is 1. The first-order chi connectivity index (χ1) is 13.2. The molecule has 0 aromatic heterocycles. The lowest BCUT2D eigenvalue weighted by molar-refractivity contribution is -0.274. The van der Waals surface area contributed by atoms with E-state index in [4.69, 9.17) is 0 Å². The molecule has 2 amide bonds. The van der Waals surface area contributed by atoms with E-state index in [2.05, 4.69) is 10.2 Å². The number of alkyl halides is 3. The maximum Gasteiger partial charge on any atom is 0.573 e. The van der Waals surface area contributed by atoms with Crippen molar-refractivity contribution in [2.24, 2.45) is 0 Å². The summed E-state index contributed by atoms with van der Waals surface area (Å²) in [5.41, 5.74) is 4.16. The Bertz CT molecular complexity index is 876. The number of rotatable bonds is 2. The fourth-order valence-electron chi connectivity index (χ4n) is 4.36. The molecule has 0 atom stereocenters. The Morgan fingerprint density at radius 2 is 2.00 bits per heavy atom. The van der Waals surface area contributed by atoms with Crippen molar-refractivity contribution in [1.29, 1.82) is 0 Å². The van der Waals surface area contributed by atoms with Gasteiger partial charge in [-0.25, -0.2) is 5.01 Å². The summed E-state index contributed by atoms with van der Waals surface area (Å²) >= 11 is 1.15. The van der Waals surface area contributed by atoms with E-state index in [9.17, 15) is 22.8 Å². The Hall–Kier alpha value is -2.16. The highest BCUT2D eigenvalue weighted by molar-refractivity contribution is 8.04. The molecule has 150 valence electrons. The van der Waals surface area contributed by atoms with Crippen molar-refractivity contribution in [2.75, 3.05) is 0 Å². The molecule has 1 fully saturated rings. The third-order valence-corrected chi connectivity index (χ3v) is 6.69. The Morgan fingerprint density at radius 1 is 1.29 bits per heavy atom. The zero-order chi connectivity index (χ0) is 20.1. The number of thioether (sulfide) groups is 1. The summed E-state index contributed by atoms with van der Waals surface area (Å²) < 4.78 is 41.5. The largest absolute Gasteiger partial charge is 0.573 e. The van der Waals surface area contributed by atoms with Crippen LogP contribution in [-0.4, -0.2) is 28.7 Å². The van der Waals surface area contributed by atoms with Gasteiger partial charge in [0.25, 0.3) is 5.91 Å². The molecule has 4 rings (SSSR count). The molecule has 1 aliphatic carbocycles. The van der Waals surface area contributed by atoms with E-state index in [0.29, 0.717) is 22.6 Å². The van der Waals surface area contributed by atoms with Crippen LogP contribution in [-0.2, 0) is 16.0 Å². The first-order valence-corrected chi connectivity index (χ1v) is 9.89. The zero-order valence-corrected chi connectivity index (χ0v) is 16.0. The normalized spacial score (nSPS) is 20.9. The molecular weight excluding hydrogens is 393 g/mol. The molecule has 1 spiro atoms. The summed E-state index contributed by atoms with van der Waals surface area (Å²) in [7, 11) is 0. The van der Waals surface area contributed by atoms with Crippen molar-refractivity contribution in [3.05, 3.63) is 34.2 Å². The Morgan fingerprint density at radius 3 is 2.64 bits per heavy atom. The second-order valence-electron chi connectivity index (χ2n) is 7.45. The van der Waals surface area contributed by atoms with Crippen molar-refractivity contribution >= 4 is 23.6 Å². The number of carbonyl (C=O) groups excluding carboxylic acids is 2. The highest BCUT2D eigenvalue weighted by Gasteiger charge is 2.49. The van der Waals surface area contributed by atoms with Crippen molar-refractivity contribution in [3.63, 3.8) is 0 Å². The Labute approximate surface area is 164 Å². The van der Waals surface area contributed by atoms with Gasteiger partial charge in [0, 0.05) is 11.8 Å². The van der Waals surface area contributed by atoms with E-state index >= 15 is 0 Å². The smallest absolute Gasteiger partial charge is 0.406 e. The van der Waals surface area contributed by atoms with Crippen LogP contribution >= 0.6 is 11.8 Å². The van der Waals surface area contributed by atoms with Crippen LogP contribution in [0, 0.1) is 0 Å². The summed E-state index contributed by atoms with van der Waals surface area (Å²) in [4.78, 5) is 25.9. The number of nitrogens with one attached hydrogen (secondary N) is 1. The molecule has 0 unspecified atom stereocenters.